The van der Waals surface area contributed by atoms with Crippen LogP contribution >= 0.6 is 12.6 Å². The average Bonchev–Trinajstić information content (AvgIpc) is 2.52. The van der Waals surface area contributed by atoms with Gasteiger partial charge in [-0.15, -0.1) is 0 Å². The van der Waals surface area contributed by atoms with E-state index in [1.807, 2.05) is 0 Å². The van der Waals surface area contributed by atoms with Gasteiger partial charge in [-0.3, -0.25) is 4.90 Å². The first kappa shape index (κ1) is 13.7. The largest absolute Gasteiger partial charge is 0.301 e. The molecule has 0 spiro atoms. The number of hydrogen-bond donors (Lipinski definition) is 1. The molecule has 2 bridgehead atoms. The molecule has 3 atom stereocenters. The number of thiol groups is 1. The van der Waals surface area contributed by atoms with E-state index >= 15 is 0 Å². The normalized spacial score (nSPS) is 33.0. The van der Waals surface area contributed by atoms with Gasteiger partial charge in [-0.1, -0.05) is 13.8 Å². The second-order valence-corrected chi connectivity index (χ2v) is 6.65. The molecule has 3 heteroatoms. The Morgan fingerprint density at radius 3 is 2.53 bits per heavy atom. The maximum absolute atomic E-state index is 4.52. The van der Waals surface area contributed by atoms with Gasteiger partial charge in [-0.2, -0.15) is 12.6 Å². The number of fused-ring (bicyclic) bond motifs is 2. The lowest BCUT2D eigenvalue weighted by atomic mass is 9.96. The number of nitrogens with zero attached hydrogens (tertiary/aromatic N) is 2. The molecule has 0 amide bonds. The zero-order chi connectivity index (χ0) is 12.4. The van der Waals surface area contributed by atoms with Gasteiger partial charge in [0.2, 0.25) is 0 Å². The number of likely N-dealkylation sites (tertiary alicyclic amines) is 1. The van der Waals surface area contributed by atoms with Gasteiger partial charge in [0.25, 0.3) is 0 Å². The van der Waals surface area contributed by atoms with E-state index in [9.17, 15) is 0 Å². The number of hydrogen-bond acceptors (Lipinski definition) is 3. The Balaban J connectivity index is 1.90. The lowest BCUT2D eigenvalue weighted by molar-refractivity contribution is 0.188. The highest BCUT2D eigenvalue weighted by Crippen LogP contribution is 2.29. The van der Waals surface area contributed by atoms with Gasteiger partial charge in [-0.05, 0) is 50.4 Å². The quantitative estimate of drug-likeness (QED) is 0.772. The summed E-state index contributed by atoms with van der Waals surface area (Å²) in [4.78, 5) is 5.33. The Morgan fingerprint density at radius 1 is 1.18 bits per heavy atom. The van der Waals surface area contributed by atoms with Crippen LogP contribution in [-0.2, 0) is 0 Å². The molecule has 2 heterocycles. The first-order valence-corrected chi connectivity index (χ1v) is 7.80. The van der Waals surface area contributed by atoms with Gasteiger partial charge in [0.15, 0.2) is 0 Å². The van der Waals surface area contributed by atoms with Gasteiger partial charge in [0, 0.05) is 25.2 Å². The first-order chi connectivity index (χ1) is 8.11. The molecule has 0 aromatic rings. The average molecular weight is 256 g/mol. The molecular formula is C14H28N2S. The molecule has 0 aromatic heterocycles. The van der Waals surface area contributed by atoms with Gasteiger partial charge < -0.3 is 4.90 Å². The third kappa shape index (κ3) is 3.18. The van der Waals surface area contributed by atoms with Crippen molar-refractivity contribution >= 4 is 12.6 Å². The second kappa shape index (κ2) is 5.94. The summed E-state index contributed by atoms with van der Waals surface area (Å²) < 4.78 is 0. The summed E-state index contributed by atoms with van der Waals surface area (Å²) in [5.41, 5.74) is 0. The predicted molar refractivity (Wildman–Crippen MR) is 77.8 cm³/mol. The summed E-state index contributed by atoms with van der Waals surface area (Å²) in [6.45, 7) is 8.48. The minimum atomic E-state index is 0.750. The lowest BCUT2D eigenvalue weighted by Crippen LogP contribution is -2.39. The Hall–Kier alpha value is 0.270. The highest BCUT2D eigenvalue weighted by Gasteiger charge is 2.35. The summed E-state index contributed by atoms with van der Waals surface area (Å²) in [7, 11) is 2.32. The van der Waals surface area contributed by atoms with E-state index in [0.717, 1.165) is 29.7 Å². The molecule has 3 unspecified atom stereocenters. The van der Waals surface area contributed by atoms with E-state index < -0.39 is 0 Å². The fraction of sp³-hybridized carbons (Fsp3) is 1.00. The van der Waals surface area contributed by atoms with Gasteiger partial charge >= 0.3 is 0 Å². The smallest absolute Gasteiger partial charge is 0.0223 e. The molecule has 2 aliphatic heterocycles. The molecule has 0 saturated carbocycles. The van der Waals surface area contributed by atoms with Crippen LogP contribution in [0, 0.1) is 11.8 Å². The molecule has 2 fully saturated rings. The van der Waals surface area contributed by atoms with Crippen molar-refractivity contribution in [2.45, 2.75) is 45.2 Å². The van der Waals surface area contributed by atoms with Crippen molar-refractivity contribution in [3.63, 3.8) is 0 Å². The minimum Gasteiger partial charge on any atom is -0.301 e. The zero-order valence-electron chi connectivity index (χ0n) is 11.6. The molecule has 0 aliphatic carbocycles. The van der Waals surface area contributed by atoms with Crippen LogP contribution in [0.25, 0.3) is 0 Å². The van der Waals surface area contributed by atoms with Crippen LogP contribution < -0.4 is 0 Å². The van der Waals surface area contributed by atoms with Crippen molar-refractivity contribution in [2.24, 2.45) is 11.8 Å². The molecule has 17 heavy (non-hydrogen) atoms. The first-order valence-electron chi connectivity index (χ1n) is 7.17. The molecule has 100 valence electrons. The van der Waals surface area contributed by atoms with Crippen molar-refractivity contribution in [3.8, 4) is 0 Å². The molecule has 2 rings (SSSR count). The van der Waals surface area contributed by atoms with Crippen molar-refractivity contribution in [2.75, 3.05) is 32.4 Å². The standard InChI is InChI=1S/C14H28N2S/c1-11(2)12(10-17)8-16-7-6-13-4-5-14(9-16)15(13)3/h11-14,17H,4-10H2,1-3H3. The summed E-state index contributed by atoms with van der Waals surface area (Å²) in [6.07, 6.45) is 4.20. The van der Waals surface area contributed by atoms with Crippen LogP contribution in [0.1, 0.15) is 33.1 Å². The Labute approximate surface area is 112 Å². The lowest BCUT2D eigenvalue weighted by Gasteiger charge is -2.30. The van der Waals surface area contributed by atoms with Crippen LogP contribution in [0.2, 0.25) is 0 Å². The van der Waals surface area contributed by atoms with E-state index in [0.29, 0.717) is 0 Å². The summed E-state index contributed by atoms with van der Waals surface area (Å²) in [5.74, 6) is 2.53. The van der Waals surface area contributed by atoms with Gasteiger partial charge in [-0.25, -0.2) is 0 Å². The molecule has 2 nitrogen and oxygen atoms in total. The highest BCUT2D eigenvalue weighted by molar-refractivity contribution is 7.80. The van der Waals surface area contributed by atoms with Gasteiger partial charge in [0.1, 0.15) is 0 Å². The van der Waals surface area contributed by atoms with Crippen LogP contribution in [0.4, 0.5) is 0 Å². The topological polar surface area (TPSA) is 6.48 Å². The Bertz CT molecular complexity index is 244. The molecule has 2 saturated heterocycles. The van der Waals surface area contributed by atoms with Gasteiger partial charge in [0.05, 0.1) is 0 Å². The van der Waals surface area contributed by atoms with E-state index in [-0.39, 0.29) is 0 Å². The maximum Gasteiger partial charge on any atom is 0.0223 e. The number of likely N-dealkylation sites (N-methyl/N-ethyl adjacent to an activating group) is 1. The van der Waals surface area contributed by atoms with Crippen molar-refractivity contribution in [1.29, 1.82) is 0 Å². The number of rotatable bonds is 4. The van der Waals surface area contributed by atoms with Crippen LogP contribution in [0.3, 0.4) is 0 Å². The molecule has 0 radical (unpaired) electrons. The van der Waals surface area contributed by atoms with Crippen molar-refractivity contribution < 1.29 is 0 Å². The fourth-order valence-corrected chi connectivity index (χ4v) is 3.89. The monoisotopic (exact) mass is 256 g/mol. The van der Waals surface area contributed by atoms with E-state index in [1.54, 1.807) is 0 Å². The zero-order valence-corrected chi connectivity index (χ0v) is 12.5. The molecule has 0 aromatic carbocycles. The molecular weight excluding hydrogens is 228 g/mol. The van der Waals surface area contributed by atoms with E-state index in [1.165, 1.54) is 38.9 Å². The molecule has 0 N–H and O–H groups in total. The Morgan fingerprint density at radius 2 is 1.88 bits per heavy atom. The van der Waals surface area contributed by atoms with Crippen molar-refractivity contribution in [3.05, 3.63) is 0 Å². The predicted octanol–water partition coefficient (Wildman–Crippen LogP) is 2.36. The second-order valence-electron chi connectivity index (χ2n) is 6.29. The summed E-state index contributed by atoms with van der Waals surface area (Å²) in [6, 6.07) is 1.67. The third-order valence-corrected chi connectivity index (χ3v) is 5.37. The molecule has 2 aliphatic rings. The van der Waals surface area contributed by atoms with E-state index in [4.69, 9.17) is 0 Å². The Kier molecular flexibility index (Phi) is 4.79. The highest BCUT2D eigenvalue weighted by atomic mass is 32.1. The van der Waals surface area contributed by atoms with E-state index in [2.05, 4.69) is 43.3 Å². The maximum atomic E-state index is 4.52. The fourth-order valence-electron chi connectivity index (χ4n) is 3.36. The summed E-state index contributed by atoms with van der Waals surface area (Å²) in [5, 5.41) is 0. The third-order valence-electron chi connectivity index (χ3n) is 4.90. The van der Waals surface area contributed by atoms with Crippen LogP contribution in [0.15, 0.2) is 0 Å². The van der Waals surface area contributed by atoms with Crippen LogP contribution in [0.5, 0.6) is 0 Å². The minimum absolute atomic E-state index is 0.750. The summed E-state index contributed by atoms with van der Waals surface area (Å²) >= 11 is 4.52. The SMILES string of the molecule is CC(C)C(CS)CN1CCC2CCC(C1)N2C. The van der Waals surface area contributed by atoms with Crippen molar-refractivity contribution in [1.82, 2.24) is 9.80 Å². The van der Waals surface area contributed by atoms with Crippen LogP contribution in [-0.4, -0.2) is 54.3 Å².